The third kappa shape index (κ3) is 92.5. The Morgan fingerprint density at radius 2 is 0.905 bits per heavy atom. The van der Waals surface area contributed by atoms with Crippen LogP contribution in [0.4, 0.5) is 0 Å². The molecule has 21 heavy (non-hydrogen) atoms. The summed E-state index contributed by atoms with van der Waals surface area (Å²) in [7, 11) is -4.67. The van der Waals surface area contributed by atoms with E-state index in [1.807, 2.05) is 0 Å². The summed E-state index contributed by atoms with van der Waals surface area (Å²) >= 11 is 0. The van der Waals surface area contributed by atoms with Crippen LogP contribution in [-0.4, -0.2) is 149 Å². The number of aliphatic hydroxyl groups excluding tert-OH is 2. The molecule has 2 atom stereocenters. The number of carboxylic acid groups (broad SMARTS) is 2. The van der Waals surface area contributed by atoms with E-state index in [2.05, 4.69) is 0 Å². The molecule has 10 N–H and O–H groups in total. The summed E-state index contributed by atoms with van der Waals surface area (Å²) in [4.78, 5) is 18.9. The third-order valence-corrected chi connectivity index (χ3v) is 0.715. The Labute approximate surface area is 186 Å². The van der Waals surface area contributed by atoms with Gasteiger partial charge in [-0.1, -0.05) is 0 Å². The second kappa shape index (κ2) is 23.4. The summed E-state index contributed by atoms with van der Waals surface area (Å²) in [5, 5.41) is 31.5. The molecule has 0 amide bonds. The quantitative estimate of drug-likeness (QED) is 0.196. The van der Waals surface area contributed by atoms with Gasteiger partial charge in [-0.3, -0.25) is 9.11 Å². The van der Waals surface area contributed by atoms with E-state index in [0.717, 1.165) is 0 Å². The standard InChI is InChI=1S/2C3H6O3.2Ca.H2O4S.2H2O.4H/c2*1-2(4)3(5)6;;;1-5(2,3)4;;;;;;/h2*2,4H,1H3,(H,5,6);;;(H2,1,2,3,4);2*1H2;;;;/q;;2*+2;;;;4*-1. The smallest absolute Gasteiger partial charge is 1.00 e. The summed E-state index contributed by atoms with van der Waals surface area (Å²) in [6.07, 6.45) is -2.46. The minimum Gasteiger partial charge on any atom is -1.00 e. The van der Waals surface area contributed by atoms with Gasteiger partial charge in [-0.2, -0.15) is 8.42 Å². The zero-order valence-corrected chi connectivity index (χ0v) is 16.5. The number of aliphatic carboxylic acids is 2. The molecule has 0 bridgehead atoms. The van der Waals surface area contributed by atoms with E-state index in [1.54, 1.807) is 0 Å². The van der Waals surface area contributed by atoms with Gasteiger partial charge < -0.3 is 37.1 Å². The first-order chi connectivity index (χ1) is 7.29. The molecule has 0 heterocycles. The molecular weight excluding hydrogens is 376 g/mol. The molecular formula is C6H22Ca2O12S. The van der Waals surface area contributed by atoms with Crippen LogP contribution in [0.5, 0.6) is 0 Å². The van der Waals surface area contributed by atoms with Crippen LogP contribution in [-0.2, 0) is 20.0 Å². The molecule has 0 aromatic heterocycles. The number of carboxylic acids is 2. The number of hydrogen-bond donors (Lipinski definition) is 6. The predicted molar refractivity (Wildman–Crippen MR) is 76.0 cm³/mol. The SMILES string of the molecule is CC(O)C(=O)O.CC(O)C(=O)O.O.O.O=S(=O)(O)O.[Ca+2].[Ca+2].[H-].[H-].[H-].[H-]. The Kier molecular flexibility index (Phi) is 48.2. The van der Waals surface area contributed by atoms with Crippen molar-refractivity contribution >= 4 is 97.8 Å². The van der Waals surface area contributed by atoms with Crippen LogP contribution in [0.25, 0.3) is 0 Å². The largest absolute Gasteiger partial charge is 2.00 e. The maximum Gasteiger partial charge on any atom is 2.00 e. The minimum absolute atomic E-state index is 0. The summed E-state index contributed by atoms with van der Waals surface area (Å²) in [5.74, 6) is -2.37. The molecule has 0 saturated heterocycles. The fourth-order valence-corrected chi connectivity index (χ4v) is 0. The van der Waals surface area contributed by atoms with Crippen LogP contribution in [0.15, 0.2) is 0 Å². The minimum atomic E-state index is -4.67. The van der Waals surface area contributed by atoms with Crippen molar-refractivity contribution < 1.29 is 64.2 Å². The van der Waals surface area contributed by atoms with Gasteiger partial charge in [0.2, 0.25) is 0 Å². The van der Waals surface area contributed by atoms with Gasteiger partial charge in [0.05, 0.1) is 0 Å². The monoisotopic (exact) mass is 398 g/mol. The molecule has 0 fully saturated rings. The van der Waals surface area contributed by atoms with Gasteiger partial charge in [0.1, 0.15) is 12.2 Å². The first-order valence-electron chi connectivity index (χ1n) is 3.80. The molecule has 0 aromatic rings. The van der Waals surface area contributed by atoms with Gasteiger partial charge in [-0.25, -0.2) is 9.59 Å². The van der Waals surface area contributed by atoms with Crippen molar-refractivity contribution in [1.82, 2.24) is 0 Å². The fourth-order valence-electron chi connectivity index (χ4n) is 0. The second-order valence-corrected chi connectivity index (χ2v) is 3.37. The van der Waals surface area contributed by atoms with Crippen LogP contribution >= 0.6 is 0 Å². The first-order valence-corrected chi connectivity index (χ1v) is 5.20. The van der Waals surface area contributed by atoms with Crippen molar-refractivity contribution in [2.45, 2.75) is 26.1 Å². The van der Waals surface area contributed by atoms with Crippen LogP contribution in [0.1, 0.15) is 19.6 Å². The Morgan fingerprint density at radius 1 is 0.857 bits per heavy atom. The number of carbonyl (C=O) groups is 2. The molecule has 0 rings (SSSR count). The van der Waals surface area contributed by atoms with Gasteiger partial charge in [0.25, 0.3) is 0 Å². The zero-order valence-electron chi connectivity index (χ0n) is 15.3. The molecule has 0 aromatic carbocycles. The van der Waals surface area contributed by atoms with Crippen LogP contribution in [0, 0.1) is 0 Å². The molecule has 15 heteroatoms. The van der Waals surface area contributed by atoms with E-state index < -0.39 is 34.5 Å². The number of rotatable bonds is 2. The van der Waals surface area contributed by atoms with E-state index in [0.29, 0.717) is 0 Å². The zero-order chi connectivity index (χ0) is 14.8. The summed E-state index contributed by atoms with van der Waals surface area (Å²) in [6, 6.07) is 0. The van der Waals surface area contributed by atoms with Crippen molar-refractivity contribution in [3.8, 4) is 0 Å². The molecule has 2 unspecified atom stereocenters. The third-order valence-electron chi connectivity index (χ3n) is 0.715. The Balaban J connectivity index is -0.0000000113. The van der Waals surface area contributed by atoms with E-state index in [1.165, 1.54) is 13.8 Å². The Morgan fingerprint density at radius 3 is 0.905 bits per heavy atom. The van der Waals surface area contributed by atoms with Gasteiger partial charge in [0.15, 0.2) is 0 Å². The molecule has 12 nitrogen and oxygen atoms in total. The summed E-state index contributed by atoms with van der Waals surface area (Å²) in [5.41, 5.74) is 0. The maximum absolute atomic E-state index is 9.45. The summed E-state index contributed by atoms with van der Waals surface area (Å²) in [6.45, 7) is 2.39. The van der Waals surface area contributed by atoms with Crippen molar-refractivity contribution in [2.75, 3.05) is 0 Å². The molecule has 0 aliphatic carbocycles. The molecule has 128 valence electrons. The average molecular weight is 398 g/mol. The Hall–Kier alpha value is 1.17. The van der Waals surface area contributed by atoms with E-state index in [4.69, 9.17) is 37.9 Å². The average Bonchev–Trinajstić information content (AvgIpc) is 2.01. The molecule has 0 aliphatic heterocycles. The van der Waals surface area contributed by atoms with Gasteiger partial charge in [-0.15, -0.1) is 0 Å². The number of hydrogen-bond acceptors (Lipinski definition) is 6. The fraction of sp³-hybridized carbons (Fsp3) is 0.667. The van der Waals surface area contributed by atoms with Crippen LogP contribution in [0.2, 0.25) is 0 Å². The van der Waals surface area contributed by atoms with Crippen molar-refractivity contribution in [1.29, 1.82) is 0 Å². The van der Waals surface area contributed by atoms with Gasteiger partial charge in [-0.05, 0) is 13.8 Å². The van der Waals surface area contributed by atoms with E-state index in [-0.39, 0.29) is 92.1 Å². The maximum atomic E-state index is 9.45. The summed E-state index contributed by atoms with van der Waals surface area (Å²) < 4.78 is 31.6. The molecule has 0 radical (unpaired) electrons. The van der Waals surface area contributed by atoms with E-state index >= 15 is 0 Å². The predicted octanol–water partition coefficient (Wildman–Crippen LogP) is -3.71. The van der Waals surface area contributed by atoms with Crippen LogP contribution < -0.4 is 0 Å². The van der Waals surface area contributed by atoms with Crippen molar-refractivity contribution in [3.05, 3.63) is 0 Å². The Bertz CT molecular complexity index is 316. The van der Waals surface area contributed by atoms with Crippen LogP contribution in [0.3, 0.4) is 0 Å². The van der Waals surface area contributed by atoms with E-state index in [9.17, 15) is 9.59 Å². The second-order valence-electron chi connectivity index (χ2n) is 2.48. The van der Waals surface area contributed by atoms with Crippen molar-refractivity contribution in [3.63, 3.8) is 0 Å². The van der Waals surface area contributed by atoms with Gasteiger partial charge >= 0.3 is 97.8 Å². The normalized spacial score (nSPS) is 10.6. The topological polar surface area (TPSA) is 253 Å². The van der Waals surface area contributed by atoms with Gasteiger partial charge in [0, 0.05) is 0 Å². The van der Waals surface area contributed by atoms with Crippen molar-refractivity contribution in [2.24, 2.45) is 0 Å². The molecule has 0 saturated carbocycles. The number of aliphatic hydroxyl groups is 2. The first kappa shape index (κ1) is 43.2. The molecule has 0 spiro atoms. The molecule has 0 aliphatic rings.